The highest BCUT2D eigenvalue weighted by Crippen LogP contribution is 2.37. The van der Waals surface area contributed by atoms with Gasteiger partial charge < -0.3 is 5.32 Å². The van der Waals surface area contributed by atoms with Crippen molar-refractivity contribution in [3.8, 4) is 0 Å². The number of thiazole rings is 1. The molecule has 0 spiro atoms. The van der Waals surface area contributed by atoms with Crippen molar-refractivity contribution in [2.45, 2.75) is 51.5 Å². The zero-order valence-corrected chi connectivity index (χ0v) is 10.5. The van der Waals surface area contributed by atoms with Crippen LogP contribution in [0.15, 0.2) is 0 Å². The van der Waals surface area contributed by atoms with Gasteiger partial charge in [0.1, 0.15) is 5.01 Å². The van der Waals surface area contributed by atoms with Gasteiger partial charge in [0.25, 0.3) is 0 Å². The molecule has 0 bridgehead atoms. The van der Waals surface area contributed by atoms with E-state index < -0.39 is 0 Å². The minimum Gasteiger partial charge on any atom is -0.314 e. The Morgan fingerprint density at radius 2 is 2.07 bits per heavy atom. The second-order valence-electron chi connectivity index (χ2n) is 4.42. The van der Waals surface area contributed by atoms with Gasteiger partial charge in [-0.25, -0.2) is 4.98 Å². The first kappa shape index (κ1) is 11.1. The van der Waals surface area contributed by atoms with Gasteiger partial charge in [-0.2, -0.15) is 0 Å². The van der Waals surface area contributed by atoms with Crippen molar-refractivity contribution in [3.05, 3.63) is 15.6 Å². The van der Waals surface area contributed by atoms with E-state index in [0.29, 0.717) is 0 Å². The van der Waals surface area contributed by atoms with Crippen LogP contribution < -0.4 is 5.32 Å². The number of aryl methyl sites for hydroxylation is 1. The molecule has 1 aromatic rings. The van der Waals surface area contributed by atoms with Gasteiger partial charge >= 0.3 is 0 Å². The van der Waals surface area contributed by atoms with Crippen molar-refractivity contribution in [2.75, 3.05) is 7.05 Å². The molecule has 0 unspecified atom stereocenters. The Morgan fingerprint density at radius 3 is 2.73 bits per heavy atom. The quantitative estimate of drug-likeness (QED) is 0.852. The van der Waals surface area contributed by atoms with Crippen LogP contribution in [0.25, 0.3) is 0 Å². The molecule has 0 aromatic carbocycles. The second-order valence-corrected chi connectivity index (χ2v) is 5.54. The van der Waals surface area contributed by atoms with Gasteiger partial charge in [-0.15, -0.1) is 11.3 Å². The van der Waals surface area contributed by atoms with Crippen LogP contribution in [0.1, 0.15) is 53.6 Å². The van der Waals surface area contributed by atoms with Gasteiger partial charge in [-0.05, 0) is 32.7 Å². The van der Waals surface area contributed by atoms with E-state index in [-0.39, 0.29) is 0 Å². The maximum atomic E-state index is 4.63. The molecule has 1 aliphatic carbocycles. The lowest BCUT2D eigenvalue weighted by Gasteiger charge is -2.20. The largest absolute Gasteiger partial charge is 0.314 e. The molecule has 0 amide bonds. The Hall–Kier alpha value is -0.410. The lowest BCUT2D eigenvalue weighted by molar-refractivity contribution is 0.446. The van der Waals surface area contributed by atoms with E-state index in [1.807, 2.05) is 18.4 Å². The fourth-order valence-corrected chi connectivity index (χ4v) is 3.68. The number of hydrogen-bond acceptors (Lipinski definition) is 3. The van der Waals surface area contributed by atoms with Gasteiger partial charge in [0, 0.05) is 11.4 Å². The first-order valence-electron chi connectivity index (χ1n) is 5.92. The van der Waals surface area contributed by atoms with E-state index in [2.05, 4.69) is 17.2 Å². The lowest BCUT2D eigenvalue weighted by Crippen LogP contribution is -2.04. The van der Waals surface area contributed by atoms with Crippen LogP contribution in [0.4, 0.5) is 0 Å². The molecule has 15 heavy (non-hydrogen) atoms. The summed E-state index contributed by atoms with van der Waals surface area (Å²) in [6.45, 7) is 3.08. The molecule has 1 fully saturated rings. The van der Waals surface area contributed by atoms with E-state index in [1.165, 1.54) is 42.8 Å². The molecular formula is C12H20N2S. The molecule has 1 N–H and O–H groups in total. The number of rotatable bonds is 3. The summed E-state index contributed by atoms with van der Waals surface area (Å²) >= 11 is 1.92. The van der Waals surface area contributed by atoms with E-state index in [1.54, 1.807) is 4.88 Å². The third kappa shape index (κ3) is 2.58. The Kier molecular flexibility index (Phi) is 3.76. The topological polar surface area (TPSA) is 24.9 Å². The Balaban J connectivity index is 2.11. The van der Waals surface area contributed by atoms with Crippen molar-refractivity contribution >= 4 is 11.3 Å². The van der Waals surface area contributed by atoms with Crippen LogP contribution in [0, 0.1) is 6.92 Å². The highest BCUT2D eigenvalue weighted by molar-refractivity contribution is 7.11. The van der Waals surface area contributed by atoms with Crippen LogP contribution in [-0.4, -0.2) is 12.0 Å². The summed E-state index contributed by atoms with van der Waals surface area (Å²) in [4.78, 5) is 6.19. The zero-order chi connectivity index (χ0) is 10.7. The molecule has 2 rings (SSSR count). The normalized spacial score (nSPS) is 18.3. The zero-order valence-electron chi connectivity index (χ0n) is 9.68. The Labute approximate surface area is 96.1 Å². The van der Waals surface area contributed by atoms with E-state index in [9.17, 15) is 0 Å². The van der Waals surface area contributed by atoms with Crippen molar-refractivity contribution in [2.24, 2.45) is 0 Å². The maximum Gasteiger partial charge on any atom is 0.107 e. The fraction of sp³-hybridized carbons (Fsp3) is 0.750. The molecule has 0 radical (unpaired) electrons. The molecule has 1 aliphatic rings. The van der Waals surface area contributed by atoms with Crippen molar-refractivity contribution in [1.29, 1.82) is 0 Å². The average molecular weight is 224 g/mol. The Morgan fingerprint density at radius 1 is 1.33 bits per heavy atom. The van der Waals surface area contributed by atoms with Crippen LogP contribution >= 0.6 is 11.3 Å². The van der Waals surface area contributed by atoms with Crippen LogP contribution in [0.5, 0.6) is 0 Å². The summed E-state index contributed by atoms with van der Waals surface area (Å²) in [5.74, 6) is 0.807. The molecule has 1 saturated carbocycles. The predicted octanol–water partition coefficient (Wildman–Crippen LogP) is 3.22. The van der Waals surface area contributed by atoms with Crippen molar-refractivity contribution < 1.29 is 0 Å². The van der Waals surface area contributed by atoms with E-state index in [4.69, 9.17) is 0 Å². The summed E-state index contributed by atoms with van der Waals surface area (Å²) in [7, 11) is 1.98. The summed E-state index contributed by atoms with van der Waals surface area (Å²) < 4.78 is 0. The van der Waals surface area contributed by atoms with E-state index >= 15 is 0 Å². The maximum absolute atomic E-state index is 4.63. The molecule has 2 nitrogen and oxygen atoms in total. The van der Waals surface area contributed by atoms with E-state index in [0.717, 1.165) is 12.5 Å². The Bertz CT molecular complexity index is 313. The standard InChI is InChI=1S/C12H20N2S/c1-9-12(10-6-4-3-5-7-10)15-11(14-9)8-13-2/h10,13H,3-8H2,1-2H3. The number of nitrogens with one attached hydrogen (secondary N) is 1. The highest BCUT2D eigenvalue weighted by atomic mass is 32.1. The van der Waals surface area contributed by atoms with Crippen LogP contribution in [0.3, 0.4) is 0 Å². The molecule has 3 heteroatoms. The average Bonchev–Trinajstić information content (AvgIpc) is 2.61. The van der Waals surface area contributed by atoms with Gasteiger partial charge in [-0.1, -0.05) is 19.3 Å². The van der Waals surface area contributed by atoms with Gasteiger partial charge in [0.15, 0.2) is 0 Å². The SMILES string of the molecule is CNCc1nc(C)c(C2CCCCC2)s1. The molecule has 84 valence electrons. The summed E-state index contributed by atoms with van der Waals surface area (Å²) in [6, 6.07) is 0. The van der Waals surface area contributed by atoms with Gasteiger partial charge in [0.2, 0.25) is 0 Å². The van der Waals surface area contributed by atoms with Crippen molar-refractivity contribution in [3.63, 3.8) is 0 Å². The summed E-state index contributed by atoms with van der Waals surface area (Å²) in [5.41, 5.74) is 1.28. The molecule has 0 aliphatic heterocycles. The third-order valence-electron chi connectivity index (χ3n) is 3.18. The van der Waals surface area contributed by atoms with Gasteiger partial charge in [0.05, 0.1) is 5.69 Å². The number of nitrogens with zero attached hydrogens (tertiary/aromatic N) is 1. The predicted molar refractivity (Wildman–Crippen MR) is 65.4 cm³/mol. The first-order valence-corrected chi connectivity index (χ1v) is 6.73. The highest BCUT2D eigenvalue weighted by Gasteiger charge is 2.20. The third-order valence-corrected chi connectivity index (χ3v) is 4.50. The molecule has 1 heterocycles. The molecule has 0 atom stereocenters. The summed E-state index contributed by atoms with van der Waals surface area (Å²) in [6.07, 6.45) is 6.99. The van der Waals surface area contributed by atoms with Crippen LogP contribution in [0.2, 0.25) is 0 Å². The first-order chi connectivity index (χ1) is 7.31. The summed E-state index contributed by atoms with van der Waals surface area (Å²) in [5, 5.41) is 4.42. The van der Waals surface area contributed by atoms with Gasteiger partial charge in [-0.3, -0.25) is 0 Å². The number of hydrogen-bond donors (Lipinski definition) is 1. The number of aromatic nitrogens is 1. The monoisotopic (exact) mass is 224 g/mol. The second kappa shape index (κ2) is 5.08. The molecule has 1 aromatic heterocycles. The fourth-order valence-electron chi connectivity index (χ4n) is 2.44. The van der Waals surface area contributed by atoms with Crippen LogP contribution in [-0.2, 0) is 6.54 Å². The minimum atomic E-state index is 0.807. The smallest absolute Gasteiger partial charge is 0.107 e. The molecular weight excluding hydrogens is 204 g/mol. The van der Waals surface area contributed by atoms with Crippen molar-refractivity contribution in [1.82, 2.24) is 10.3 Å². The minimum absolute atomic E-state index is 0.807. The molecule has 0 saturated heterocycles. The lowest BCUT2D eigenvalue weighted by atomic mass is 9.88.